The molecule has 8 heteroatoms. The molecule has 2 aliphatic rings. The Labute approximate surface area is 132 Å². The summed E-state index contributed by atoms with van der Waals surface area (Å²) in [5.41, 5.74) is 0. The molecular formula is C14H21F3N2O2S. The fourth-order valence-electron chi connectivity index (χ4n) is 3.02. The summed E-state index contributed by atoms with van der Waals surface area (Å²) in [5.74, 6) is -0.771. The van der Waals surface area contributed by atoms with Gasteiger partial charge in [0.25, 0.3) is 0 Å². The molecule has 126 valence electrons. The average Bonchev–Trinajstić information content (AvgIpc) is 2.95. The van der Waals surface area contributed by atoms with E-state index in [1.165, 1.54) is 16.7 Å². The van der Waals surface area contributed by atoms with Gasteiger partial charge in [-0.05, 0) is 19.3 Å². The van der Waals surface area contributed by atoms with Crippen LogP contribution in [0.15, 0.2) is 0 Å². The Balaban J connectivity index is 1.92. The van der Waals surface area contributed by atoms with Gasteiger partial charge in [-0.2, -0.15) is 13.2 Å². The number of halogens is 3. The van der Waals surface area contributed by atoms with Crippen LogP contribution < -0.4 is 5.32 Å². The van der Waals surface area contributed by atoms with E-state index >= 15 is 0 Å². The van der Waals surface area contributed by atoms with E-state index in [9.17, 15) is 22.8 Å². The fraction of sp³-hybridized carbons (Fsp3) is 0.857. The largest absolute Gasteiger partial charge is 0.391 e. The molecule has 1 saturated heterocycles. The smallest absolute Gasteiger partial charge is 0.352 e. The van der Waals surface area contributed by atoms with Gasteiger partial charge in [0, 0.05) is 18.2 Å². The van der Waals surface area contributed by atoms with Crippen molar-refractivity contribution in [2.45, 2.75) is 57.3 Å². The van der Waals surface area contributed by atoms with Crippen molar-refractivity contribution in [3.63, 3.8) is 0 Å². The number of rotatable bonds is 3. The lowest BCUT2D eigenvalue weighted by molar-refractivity contribution is -0.184. The molecule has 4 nitrogen and oxygen atoms in total. The van der Waals surface area contributed by atoms with Gasteiger partial charge < -0.3 is 10.2 Å². The average molecular weight is 338 g/mol. The molecule has 22 heavy (non-hydrogen) atoms. The van der Waals surface area contributed by atoms with Crippen LogP contribution in [-0.4, -0.2) is 46.6 Å². The van der Waals surface area contributed by atoms with Crippen LogP contribution in [0, 0.1) is 5.92 Å². The Hall–Kier alpha value is -0.920. The van der Waals surface area contributed by atoms with Crippen LogP contribution in [0.2, 0.25) is 0 Å². The van der Waals surface area contributed by atoms with E-state index in [0.29, 0.717) is 30.9 Å². The van der Waals surface area contributed by atoms with Crippen molar-refractivity contribution >= 4 is 23.6 Å². The van der Waals surface area contributed by atoms with Crippen molar-refractivity contribution in [3.05, 3.63) is 0 Å². The third-order valence-corrected chi connectivity index (χ3v) is 5.30. The van der Waals surface area contributed by atoms with E-state index in [1.54, 1.807) is 6.92 Å². The number of nitrogens with one attached hydrogen (secondary N) is 1. The normalized spacial score (nSPS) is 29.5. The van der Waals surface area contributed by atoms with Crippen LogP contribution in [0.5, 0.6) is 0 Å². The molecule has 1 aliphatic carbocycles. The first-order chi connectivity index (χ1) is 10.3. The standard InChI is InChI=1S/C14H21F3N2O2S/c1-2-12(20)19-8-22-7-11(19)13(21)18-10-5-3-4-9(6-10)14(15,16)17/h9-11H,2-8H2,1H3,(H,18,21)/t9-,10-,11-/m1/s1. The van der Waals surface area contributed by atoms with Gasteiger partial charge in [-0.25, -0.2) is 0 Å². The van der Waals surface area contributed by atoms with Gasteiger partial charge in [-0.15, -0.1) is 11.8 Å². The molecule has 0 radical (unpaired) electrons. The lowest BCUT2D eigenvalue weighted by atomic mass is 9.85. The van der Waals surface area contributed by atoms with Gasteiger partial charge >= 0.3 is 6.18 Å². The number of hydrogen-bond acceptors (Lipinski definition) is 3. The van der Waals surface area contributed by atoms with Crippen LogP contribution in [-0.2, 0) is 9.59 Å². The van der Waals surface area contributed by atoms with Gasteiger partial charge in [0.2, 0.25) is 11.8 Å². The molecule has 2 fully saturated rings. The minimum Gasteiger partial charge on any atom is -0.352 e. The number of thioether (sulfide) groups is 1. The first-order valence-corrected chi connectivity index (χ1v) is 8.72. The zero-order chi connectivity index (χ0) is 16.3. The number of amides is 2. The second kappa shape index (κ2) is 7.10. The first-order valence-electron chi connectivity index (χ1n) is 7.57. The van der Waals surface area contributed by atoms with Gasteiger partial charge in [0.15, 0.2) is 0 Å². The minimum absolute atomic E-state index is 0.0587. The molecule has 0 spiro atoms. The van der Waals surface area contributed by atoms with Crippen molar-refractivity contribution in [1.29, 1.82) is 0 Å². The highest BCUT2D eigenvalue weighted by atomic mass is 32.2. The quantitative estimate of drug-likeness (QED) is 0.860. The summed E-state index contributed by atoms with van der Waals surface area (Å²) in [7, 11) is 0. The van der Waals surface area contributed by atoms with Crippen LogP contribution in [0.25, 0.3) is 0 Å². The van der Waals surface area contributed by atoms with E-state index in [2.05, 4.69) is 5.32 Å². The number of carbonyl (C=O) groups is 2. The zero-order valence-electron chi connectivity index (χ0n) is 12.5. The van der Waals surface area contributed by atoms with E-state index in [4.69, 9.17) is 0 Å². The Bertz CT molecular complexity index is 431. The van der Waals surface area contributed by atoms with Gasteiger partial charge in [-0.1, -0.05) is 13.3 Å². The molecule has 1 saturated carbocycles. The second-order valence-corrected chi connectivity index (χ2v) is 6.84. The molecular weight excluding hydrogens is 317 g/mol. The van der Waals surface area contributed by atoms with Gasteiger partial charge in [0.05, 0.1) is 11.8 Å². The summed E-state index contributed by atoms with van der Waals surface area (Å²) in [6.07, 6.45) is -2.76. The summed E-state index contributed by atoms with van der Waals surface area (Å²) in [6, 6.07) is -0.999. The Morgan fingerprint density at radius 1 is 1.32 bits per heavy atom. The fourth-order valence-corrected chi connectivity index (χ4v) is 4.20. The molecule has 0 aromatic heterocycles. The summed E-state index contributed by atoms with van der Waals surface area (Å²) in [5, 5.41) is 2.73. The second-order valence-electron chi connectivity index (χ2n) is 5.84. The van der Waals surface area contributed by atoms with Crippen LogP contribution >= 0.6 is 11.8 Å². The van der Waals surface area contributed by atoms with Crippen molar-refractivity contribution in [3.8, 4) is 0 Å². The highest BCUT2D eigenvalue weighted by Crippen LogP contribution is 2.37. The van der Waals surface area contributed by atoms with Gasteiger partial charge in [0.1, 0.15) is 6.04 Å². The molecule has 2 amide bonds. The van der Waals surface area contributed by atoms with Crippen molar-refractivity contribution in [1.82, 2.24) is 10.2 Å². The van der Waals surface area contributed by atoms with E-state index in [-0.39, 0.29) is 24.7 Å². The molecule has 0 bridgehead atoms. The number of hydrogen-bond donors (Lipinski definition) is 1. The Kier molecular flexibility index (Phi) is 5.63. The number of carbonyl (C=O) groups excluding carboxylic acids is 2. The number of alkyl halides is 3. The zero-order valence-corrected chi connectivity index (χ0v) is 13.3. The molecule has 0 aromatic rings. The minimum atomic E-state index is -4.20. The predicted octanol–water partition coefficient (Wildman–Crippen LogP) is 2.54. The maximum Gasteiger partial charge on any atom is 0.391 e. The molecule has 0 aromatic carbocycles. The van der Waals surface area contributed by atoms with Crippen molar-refractivity contribution in [2.75, 3.05) is 11.6 Å². The van der Waals surface area contributed by atoms with Crippen LogP contribution in [0.4, 0.5) is 13.2 Å². The molecule has 1 heterocycles. The lowest BCUT2D eigenvalue weighted by Crippen LogP contribution is -2.51. The summed E-state index contributed by atoms with van der Waals surface area (Å²) in [6.45, 7) is 1.73. The third kappa shape index (κ3) is 4.08. The van der Waals surface area contributed by atoms with Gasteiger partial charge in [-0.3, -0.25) is 9.59 Å². The molecule has 1 N–H and O–H groups in total. The number of nitrogens with zero attached hydrogens (tertiary/aromatic N) is 1. The summed E-state index contributed by atoms with van der Waals surface area (Å²) < 4.78 is 38.4. The summed E-state index contributed by atoms with van der Waals surface area (Å²) >= 11 is 1.49. The van der Waals surface area contributed by atoms with E-state index in [1.807, 2.05) is 0 Å². The highest BCUT2D eigenvalue weighted by Gasteiger charge is 2.43. The highest BCUT2D eigenvalue weighted by molar-refractivity contribution is 7.99. The Morgan fingerprint density at radius 3 is 2.68 bits per heavy atom. The topological polar surface area (TPSA) is 49.4 Å². The van der Waals surface area contributed by atoms with Crippen LogP contribution in [0.3, 0.4) is 0 Å². The van der Waals surface area contributed by atoms with Crippen molar-refractivity contribution < 1.29 is 22.8 Å². The third-order valence-electron chi connectivity index (χ3n) is 4.29. The molecule has 3 atom stereocenters. The molecule has 2 rings (SSSR count). The Morgan fingerprint density at radius 2 is 2.05 bits per heavy atom. The lowest BCUT2D eigenvalue weighted by Gasteiger charge is -2.32. The molecule has 0 unspecified atom stereocenters. The molecule has 1 aliphatic heterocycles. The van der Waals surface area contributed by atoms with Crippen molar-refractivity contribution in [2.24, 2.45) is 5.92 Å². The summed E-state index contributed by atoms with van der Waals surface area (Å²) in [4.78, 5) is 25.6. The maximum atomic E-state index is 12.8. The van der Waals surface area contributed by atoms with E-state index in [0.717, 1.165) is 0 Å². The van der Waals surface area contributed by atoms with E-state index < -0.39 is 24.2 Å². The first kappa shape index (κ1) is 17.4. The monoisotopic (exact) mass is 338 g/mol. The maximum absolute atomic E-state index is 12.8. The predicted molar refractivity (Wildman–Crippen MR) is 78.2 cm³/mol. The van der Waals surface area contributed by atoms with Crippen LogP contribution in [0.1, 0.15) is 39.0 Å². The SMILES string of the molecule is CCC(=O)N1CSC[C@@H]1C(=O)N[C@@H]1CCC[C@@H](C(F)(F)F)C1.